The van der Waals surface area contributed by atoms with Crippen molar-refractivity contribution in [3.63, 3.8) is 0 Å². The fourth-order valence-electron chi connectivity index (χ4n) is 2.29. The molecule has 0 aliphatic rings. The molecule has 2 aromatic carbocycles. The monoisotopic (exact) mass is 332 g/mol. The Morgan fingerprint density at radius 3 is 2.61 bits per heavy atom. The summed E-state index contributed by atoms with van der Waals surface area (Å²) < 4.78 is 5.27. The lowest BCUT2D eigenvalue weighted by Gasteiger charge is -2.15. The summed E-state index contributed by atoms with van der Waals surface area (Å²) in [5.41, 5.74) is 1.93. The van der Waals surface area contributed by atoms with Crippen molar-refractivity contribution in [1.29, 1.82) is 0 Å². The molecule has 0 bridgehead atoms. The lowest BCUT2D eigenvalue weighted by Crippen LogP contribution is -2.34. The Labute approximate surface area is 141 Å². The van der Waals surface area contributed by atoms with E-state index in [1.165, 1.54) is 0 Å². The zero-order chi connectivity index (χ0) is 16.7. The topological polar surface area (TPSA) is 50.4 Å². The summed E-state index contributed by atoms with van der Waals surface area (Å²) in [4.78, 5) is 12.0. The average molecular weight is 333 g/mol. The highest BCUT2D eigenvalue weighted by Gasteiger charge is 2.10. The highest BCUT2D eigenvalue weighted by Crippen LogP contribution is 2.21. The summed E-state index contributed by atoms with van der Waals surface area (Å²) in [5, 5.41) is 6.75. The Morgan fingerprint density at radius 1 is 1.17 bits per heavy atom. The van der Waals surface area contributed by atoms with Crippen LogP contribution in [0.4, 0.5) is 0 Å². The van der Waals surface area contributed by atoms with E-state index in [9.17, 15) is 4.79 Å². The molecule has 23 heavy (non-hydrogen) atoms. The fraction of sp³-hybridized carbons (Fsp3) is 0.278. The van der Waals surface area contributed by atoms with Crippen LogP contribution < -0.4 is 15.4 Å². The van der Waals surface area contributed by atoms with E-state index >= 15 is 0 Å². The zero-order valence-corrected chi connectivity index (χ0v) is 14.1. The molecule has 0 fully saturated rings. The van der Waals surface area contributed by atoms with Gasteiger partial charge in [0, 0.05) is 23.2 Å². The van der Waals surface area contributed by atoms with Gasteiger partial charge in [0.25, 0.3) is 0 Å². The first kappa shape index (κ1) is 17.3. The predicted molar refractivity (Wildman–Crippen MR) is 92.7 cm³/mol. The smallest absolute Gasteiger partial charge is 0.234 e. The predicted octanol–water partition coefficient (Wildman–Crippen LogP) is 3.32. The van der Waals surface area contributed by atoms with Gasteiger partial charge in [0.05, 0.1) is 13.7 Å². The number of ether oxygens (including phenoxy) is 1. The Kier molecular flexibility index (Phi) is 6.44. The van der Waals surface area contributed by atoms with Crippen molar-refractivity contribution < 1.29 is 9.53 Å². The molecule has 2 aromatic rings. The van der Waals surface area contributed by atoms with E-state index in [1.54, 1.807) is 7.11 Å². The van der Waals surface area contributed by atoms with Crippen LogP contribution in [0.15, 0.2) is 48.5 Å². The number of para-hydroxylation sites is 1. The number of benzene rings is 2. The maximum absolute atomic E-state index is 12.0. The van der Waals surface area contributed by atoms with Crippen LogP contribution in [0.5, 0.6) is 5.75 Å². The molecule has 0 unspecified atom stereocenters. The zero-order valence-electron chi connectivity index (χ0n) is 13.3. The van der Waals surface area contributed by atoms with Crippen LogP contribution in [0.1, 0.15) is 24.1 Å². The Bertz CT molecular complexity index is 661. The van der Waals surface area contributed by atoms with Gasteiger partial charge in [-0.05, 0) is 24.6 Å². The second-order valence-electron chi connectivity index (χ2n) is 5.21. The van der Waals surface area contributed by atoms with Crippen molar-refractivity contribution in [2.75, 3.05) is 13.7 Å². The number of hydrogen-bond donors (Lipinski definition) is 2. The van der Waals surface area contributed by atoms with Crippen LogP contribution in [0.3, 0.4) is 0 Å². The maximum atomic E-state index is 12.0. The molecule has 0 aliphatic carbocycles. The average Bonchev–Trinajstić information content (AvgIpc) is 2.58. The second kappa shape index (κ2) is 8.56. The van der Waals surface area contributed by atoms with Gasteiger partial charge in [-0.25, -0.2) is 0 Å². The van der Waals surface area contributed by atoms with Crippen molar-refractivity contribution >= 4 is 17.5 Å². The van der Waals surface area contributed by atoms with Crippen LogP contribution in [-0.2, 0) is 11.3 Å². The molecule has 0 saturated carbocycles. The number of methoxy groups -OCH3 is 1. The van der Waals surface area contributed by atoms with E-state index in [-0.39, 0.29) is 18.5 Å². The largest absolute Gasteiger partial charge is 0.496 e. The highest BCUT2D eigenvalue weighted by atomic mass is 35.5. The summed E-state index contributed by atoms with van der Waals surface area (Å²) in [6.45, 7) is 2.64. The molecule has 2 N–H and O–H groups in total. The number of hydrogen-bond acceptors (Lipinski definition) is 3. The van der Waals surface area contributed by atoms with E-state index in [4.69, 9.17) is 16.3 Å². The lowest BCUT2D eigenvalue weighted by atomic mass is 10.1. The SMILES string of the molecule is COc1ccccc1CNC(=O)CN[C@@H](C)c1ccccc1Cl. The molecule has 0 spiro atoms. The first-order valence-corrected chi connectivity index (χ1v) is 7.86. The van der Waals surface area contributed by atoms with E-state index in [1.807, 2.05) is 55.5 Å². The van der Waals surface area contributed by atoms with Gasteiger partial charge >= 0.3 is 0 Å². The quantitative estimate of drug-likeness (QED) is 0.817. The number of carbonyl (C=O) groups is 1. The van der Waals surface area contributed by atoms with Crippen LogP contribution >= 0.6 is 11.6 Å². The molecule has 1 amide bonds. The van der Waals surface area contributed by atoms with E-state index < -0.39 is 0 Å². The van der Waals surface area contributed by atoms with Crippen molar-refractivity contribution in [1.82, 2.24) is 10.6 Å². The third-order valence-corrected chi connectivity index (χ3v) is 3.95. The van der Waals surface area contributed by atoms with Crippen molar-refractivity contribution in [3.05, 3.63) is 64.7 Å². The number of rotatable bonds is 7. The molecule has 0 radical (unpaired) electrons. The number of carbonyl (C=O) groups excluding carboxylic acids is 1. The lowest BCUT2D eigenvalue weighted by molar-refractivity contribution is -0.120. The van der Waals surface area contributed by atoms with Crippen molar-refractivity contribution in [2.45, 2.75) is 19.5 Å². The summed E-state index contributed by atoms with van der Waals surface area (Å²) in [6.07, 6.45) is 0. The molecule has 2 rings (SSSR count). The molecular weight excluding hydrogens is 312 g/mol. The first-order valence-electron chi connectivity index (χ1n) is 7.48. The van der Waals surface area contributed by atoms with E-state index in [0.29, 0.717) is 11.6 Å². The standard InChI is InChI=1S/C18H21ClN2O2/c1-13(15-8-4-5-9-16(15)19)20-12-18(22)21-11-14-7-3-6-10-17(14)23-2/h3-10,13,20H,11-12H2,1-2H3,(H,21,22)/t13-/m0/s1. The number of nitrogens with one attached hydrogen (secondary N) is 2. The van der Waals surface area contributed by atoms with Gasteiger partial charge in [0.2, 0.25) is 5.91 Å². The van der Waals surface area contributed by atoms with Gasteiger partial charge in [-0.3, -0.25) is 4.79 Å². The summed E-state index contributed by atoms with van der Waals surface area (Å²) >= 11 is 6.15. The number of amides is 1. The molecular formula is C18H21ClN2O2. The van der Waals surface area contributed by atoms with Gasteiger partial charge in [-0.2, -0.15) is 0 Å². The summed E-state index contributed by atoms with van der Waals surface area (Å²) in [6, 6.07) is 15.2. The van der Waals surface area contributed by atoms with Crippen LogP contribution in [-0.4, -0.2) is 19.6 Å². The Morgan fingerprint density at radius 2 is 1.87 bits per heavy atom. The fourth-order valence-corrected chi connectivity index (χ4v) is 2.59. The van der Waals surface area contributed by atoms with Gasteiger partial charge < -0.3 is 15.4 Å². The van der Waals surface area contributed by atoms with Crippen molar-refractivity contribution in [3.8, 4) is 5.75 Å². The summed E-state index contributed by atoms with van der Waals surface area (Å²) in [7, 11) is 1.62. The van der Waals surface area contributed by atoms with Gasteiger partial charge in [-0.1, -0.05) is 48.0 Å². The maximum Gasteiger partial charge on any atom is 0.234 e. The molecule has 0 aromatic heterocycles. The van der Waals surface area contributed by atoms with E-state index in [2.05, 4.69) is 10.6 Å². The number of halogens is 1. The minimum atomic E-state index is -0.0743. The third-order valence-electron chi connectivity index (χ3n) is 3.61. The van der Waals surface area contributed by atoms with Gasteiger partial charge in [0.15, 0.2) is 0 Å². The molecule has 4 nitrogen and oxygen atoms in total. The third kappa shape index (κ3) is 4.98. The molecule has 0 aliphatic heterocycles. The van der Waals surface area contributed by atoms with Gasteiger partial charge in [0.1, 0.15) is 5.75 Å². The normalized spacial score (nSPS) is 11.8. The molecule has 0 heterocycles. The molecule has 1 atom stereocenters. The van der Waals surface area contributed by atoms with Crippen LogP contribution in [0.25, 0.3) is 0 Å². The molecule has 5 heteroatoms. The first-order chi connectivity index (χ1) is 11.1. The minimum Gasteiger partial charge on any atom is -0.496 e. The van der Waals surface area contributed by atoms with Crippen molar-refractivity contribution in [2.24, 2.45) is 0 Å². The molecule has 0 saturated heterocycles. The highest BCUT2D eigenvalue weighted by molar-refractivity contribution is 6.31. The van der Waals surface area contributed by atoms with Gasteiger partial charge in [-0.15, -0.1) is 0 Å². The van der Waals surface area contributed by atoms with E-state index in [0.717, 1.165) is 16.9 Å². The minimum absolute atomic E-state index is 0.000659. The van der Waals surface area contributed by atoms with Crippen LogP contribution in [0, 0.1) is 0 Å². The second-order valence-corrected chi connectivity index (χ2v) is 5.62. The molecule has 122 valence electrons. The summed E-state index contributed by atoms with van der Waals surface area (Å²) in [5.74, 6) is 0.694. The van der Waals surface area contributed by atoms with Crippen LogP contribution in [0.2, 0.25) is 5.02 Å². The Balaban J connectivity index is 1.82. The Hall–Kier alpha value is -2.04.